The van der Waals surface area contributed by atoms with Crippen molar-refractivity contribution in [2.45, 2.75) is 4.90 Å². The number of morpholine rings is 1. The molecule has 0 unspecified atom stereocenters. The van der Waals surface area contributed by atoms with Crippen molar-refractivity contribution in [3.63, 3.8) is 0 Å². The Kier molecular flexibility index (Phi) is 6.58. The third kappa shape index (κ3) is 4.88. The summed E-state index contributed by atoms with van der Waals surface area (Å²) < 4.78 is 38.1. The third-order valence-electron chi connectivity index (χ3n) is 5.26. The minimum absolute atomic E-state index is 0.142. The van der Waals surface area contributed by atoms with Crippen LogP contribution in [0.2, 0.25) is 0 Å². The first kappa shape index (κ1) is 21.9. The maximum absolute atomic E-state index is 14.5. The molecule has 8 nitrogen and oxygen atoms in total. The van der Waals surface area contributed by atoms with E-state index in [4.69, 9.17) is 18.7 Å². The molecule has 1 saturated heterocycles. The number of aromatic amines is 1. The van der Waals surface area contributed by atoms with Crippen molar-refractivity contribution in [2.24, 2.45) is 0 Å². The average molecular weight is 471 g/mol. The molecule has 4 aromatic rings. The van der Waals surface area contributed by atoms with E-state index in [9.17, 15) is 4.39 Å². The Bertz CT molecular complexity index is 1220. The fraction of sp³-hybridized carbons (Fsp3) is 0.304. The van der Waals surface area contributed by atoms with Crippen LogP contribution in [0.15, 0.2) is 51.9 Å². The molecule has 33 heavy (non-hydrogen) atoms. The summed E-state index contributed by atoms with van der Waals surface area (Å²) >= 11 is 1.72. The van der Waals surface area contributed by atoms with E-state index in [0.717, 1.165) is 36.8 Å². The molecular weight excluding hydrogens is 447 g/mol. The Morgan fingerprint density at radius 2 is 1.94 bits per heavy atom. The van der Waals surface area contributed by atoms with Crippen LogP contribution in [0.4, 0.5) is 4.39 Å². The van der Waals surface area contributed by atoms with Crippen LogP contribution in [0.5, 0.6) is 5.75 Å². The lowest BCUT2D eigenvalue weighted by atomic mass is 10.1. The maximum Gasteiger partial charge on any atom is 0.188 e. The zero-order chi connectivity index (χ0) is 22.6. The van der Waals surface area contributed by atoms with Crippen molar-refractivity contribution in [3.05, 3.63) is 48.3 Å². The van der Waals surface area contributed by atoms with E-state index >= 15 is 0 Å². The van der Waals surface area contributed by atoms with Gasteiger partial charge in [0.05, 0.1) is 25.3 Å². The molecule has 0 radical (unpaired) electrons. The van der Waals surface area contributed by atoms with Gasteiger partial charge in [-0.15, -0.1) is 0 Å². The van der Waals surface area contributed by atoms with E-state index < -0.39 is 5.82 Å². The monoisotopic (exact) mass is 470 g/mol. The fourth-order valence-electron chi connectivity index (χ4n) is 3.55. The van der Waals surface area contributed by atoms with Crippen molar-refractivity contribution < 1.29 is 23.1 Å². The van der Waals surface area contributed by atoms with E-state index in [-0.39, 0.29) is 12.4 Å². The SMILES string of the molecule is COCCOc1cc2[nH]nc(-c3cc(-c4ccc(SN5CCOCC5)cc4)no3)c2cc1F. The lowest BCUT2D eigenvalue weighted by Crippen LogP contribution is -2.30. The lowest BCUT2D eigenvalue weighted by molar-refractivity contribution is 0.0773. The molecule has 172 valence electrons. The smallest absolute Gasteiger partial charge is 0.188 e. The van der Waals surface area contributed by atoms with Crippen molar-refractivity contribution >= 4 is 22.9 Å². The first-order valence-electron chi connectivity index (χ1n) is 10.6. The summed E-state index contributed by atoms with van der Waals surface area (Å²) in [5.74, 6) is 0.118. The Morgan fingerprint density at radius 1 is 1.12 bits per heavy atom. The number of benzene rings is 2. The van der Waals surface area contributed by atoms with Gasteiger partial charge in [-0.2, -0.15) is 5.10 Å². The number of hydrogen-bond acceptors (Lipinski definition) is 8. The summed E-state index contributed by atoms with van der Waals surface area (Å²) in [6, 6.07) is 12.9. The fourth-order valence-corrected chi connectivity index (χ4v) is 4.44. The molecule has 1 aliphatic rings. The van der Waals surface area contributed by atoms with Gasteiger partial charge in [0.1, 0.15) is 18.0 Å². The summed E-state index contributed by atoms with van der Waals surface area (Å²) in [6.45, 7) is 3.99. The second-order valence-corrected chi connectivity index (χ2v) is 8.65. The van der Waals surface area contributed by atoms with Crippen LogP contribution in [0, 0.1) is 5.82 Å². The number of nitrogens with one attached hydrogen (secondary N) is 1. The van der Waals surface area contributed by atoms with Gasteiger partial charge in [0.25, 0.3) is 0 Å². The van der Waals surface area contributed by atoms with Crippen molar-refractivity contribution in [1.29, 1.82) is 0 Å². The minimum Gasteiger partial charge on any atom is -0.488 e. The normalized spacial score (nSPS) is 14.7. The molecule has 0 saturated carbocycles. The molecule has 5 rings (SSSR count). The number of nitrogens with zero attached hydrogens (tertiary/aromatic N) is 3. The summed E-state index contributed by atoms with van der Waals surface area (Å²) in [5, 5.41) is 12.0. The molecule has 1 fully saturated rings. The molecule has 1 aliphatic heterocycles. The molecule has 0 aliphatic carbocycles. The minimum atomic E-state index is -0.477. The quantitative estimate of drug-likeness (QED) is 0.300. The Labute approximate surface area is 194 Å². The van der Waals surface area contributed by atoms with Gasteiger partial charge in [0.15, 0.2) is 17.3 Å². The van der Waals surface area contributed by atoms with Crippen LogP contribution >= 0.6 is 11.9 Å². The van der Waals surface area contributed by atoms with Crippen LogP contribution < -0.4 is 4.74 Å². The number of methoxy groups -OCH3 is 1. The zero-order valence-electron chi connectivity index (χ0n) is 18.0. The molecule has 2 aromatic carbocycles. The van der Waals surface area contributed by atoms with E-state index in [1.165, 1.54) is 6.07 Å². The maximum atomic E-state index is 14.5. The van der Waals surface area contributed by atoms with Gasteiger partial charge >= 0.3 is 0 Å². The highest BCUT2D eigenvalue weighted by molar-refractivity contribution is 7.97. The standard InChI is InChI=1S/C23H23FN4O4S/c1-29-10-11-31-21-14-20-17(12-18(21)24)23(26-25-20)22-13-19(27-32-22)15-2-4-16(5-3-15)33-28-6-8-30-9-7-28/h2-5,12-14H,6-11H2,1H3,(H,25,26). The highest BCUT2D eigenvalue weighted by Crippen LogP contribution is 2.33. The molecule has 0 spiro atoms. The van der Waals surface area contributed by atoms with Crippen LogP contribution in [0.1, 0.15) is 0 Å². The van der Waals surface area contributed by atoms with Crippen LogP contribution in [0.25, 0.3) is 33.6 Å². The average Bonchev–Trinajstić information content (AvgIpc) is 3.48. The van der Waals surface area contributed by atoms with Gasteiger partial charge in [-0.25, -0.2) is 8.70 Å². The first-order chi connectivity index (χ1) is 16.2. The van der Waals surface area contributed by atoms with Gasteiger partial charge in [-0.05, 0) is 30.1 Å². The zero-order valence-corrected chi connectivity index (χ0v) is 18.9. The molecular formula is C23H23FN4O4S. The first-order valence-corrected chi connectivity index (χ1v) is 11.4. The van der Waals surface area contributed by atoms with E-state index in [1.54, 1.807) is 31.2 Å². The highest BCUT2D eigenvalue weighted by Gasteiger charge is 2.18. The molecule has 0 bridgehead atoms. The van der Waals surface area contributed by atoms with E-state index in [0.29, 0.717) is 34.7 Å². The second kappa shape index (κ2) is 9.92. The molecule has 2 aromatic heterocycles. The van der Waals surface area contributed by atoms with Gasteiger partial charge in [0, 0.05) is 48.2 Å². The van der Waals surface area contributed by atoms with Gasteiger partial charge < -0.3 is 18.7 Å². The number of aromatic nitrogens is 3. The van der Waals surface area contributed by atoms with E-state index in [2.05, 4.69) is 31.8 Å². The number of rotatable bonds is 8. The van der Waals surface area contributed by atoms with Crippen LogP contribution in [0.3, 0.4) is 0 Å². The van der Waals surface area contributed by atoms with Crippen molar-refractivity contribution in [2.75, 3.05) is 46.6 Å². The molecule has 0 amide bonds. The largest absolute Gasteiger partial charge is 0.488 e. The van der Waals surface area contributed by atoms with Gasteiger partial charge in [0.2, 0.25) is 0 Å². The number of hydrogen-bond donors (Lipinski definition) is 1. The number of H-pyrrole nitrogens is 1. The summed E-state index contributed by atoms with van der Waals surface area (Å²) in [7, 11) is 1.56. The number of halogens is 1. The Morgan fingerprint density at radius 3 is 2.73 bits per heavy atom. The summed E-state index contributed by atoms with van der Waals surface area (Å²) in [5.41, 5.74) is 2.74. The van der Waals surface area contributed by atoms with Gasteiger partial charge in [-0.1, -0.05) is 17.3 Å². The predicted molar refractivity (Wildman–Crippen MR) is 123 cm³/mol. The van der Waals surface area contributed by atoms with Gasteiger partial charge in [-0.3, -0.25) is 5.10 Å². The lowest BCUT2D eigenvalue weighted by Gasteiger charge is -2.25. The van der Waals surface area contributed by atoms with Crippen molar-refractivity contribution in [1.82, 2.24) is 19.7 Å². The Hall–Kier alpha value is -2.92. The topological polar surface area (TPSA) is 85.6 Å². The van der Waals surface area contributed by atoms with E-state index in [1.807, 2.05) is 12.1 Å². The predicted octanol–water partition coefficient (Wildman–Crippen LogP) is 4.39. The van der Waals surface area contributed by atoms with Crippen LogP contribution in [-0.2, 0) is 9.47 Å². The summed E-state index contributed by atoms with van der Waals surface area (Å²) in [4.78, 5) is 1.15. The summed E-state index contributed by atoms with van der Waals surface area (Å²) in [6.07, 6.45) is 0. The molecule has 3 heterocycles. The number of fused-ring (bicyclic) bond motifs is 1. The highest BCUT2D eigenvalue weighted by atomic mass is 32.2. The third-order valence-corrected chi connectivity index (χ3v) is 6.36. The molecule has 1 N–H and O–H groups in total. The molecule has 10 heteroatoms. The van der Waals surface area contributed by atoms with Crippen molar-refractivity contribution in [3.8, 4) is 28.5 Å². The van der Waals surface area contributed by atoms with Crippen LogP contribution in [-0.4, -0.2) is 66.3 Å². The molecule has 0 atom stereocenters. The number of ether oxygens (including phenoxy) is 3. The Balaban J connectivity index is 1.33. The second-order valence-electron chi connectivity index (χ2n) is 7.48.